The molecule has 1 aromatic heterocycles. The van der Waals surface area contributed by atoms with Crippen molar-refractivity contribution in [1.82, 2.24) is 10.6 Å². The summed E-state index contributed by atoms with van der Waals surface area (Å²) in [7, 11) is 0. The second-order valence-electron chi connectivity index (χ2n) is 6.13. The van der Waals surface area contributed by atoms with Gasteiger partial charge in [0.05, 0.1) is 18.4 Å². The zero-order chi connectivity index (χ0) is 15.8. The lowest BCUT2D eigenvalue weighted by atomic mass is 10.0. The third kappa shape index (κ3) is 7.39. The van der Waals surface area contributed by atoms with E-state index < -0.39 is 0 Å². The Labute approximate surface area is 156 Å². The van der Waals surface area contributed by atoms with Crippen LogP contribution < -0.4 is 10.6 Å². The molecule has 6 heteroatoms. The van der Waals surface area contributed by atoms with Crippen LogP contribution in [0.3, 0.4) is 0 Å². The van der Waals surface area contributed by atoms with E-state index in [1.54, 1.807) is 6.26 Å². The van der Waals surface area contributed by atoms with Crippen LogP contribution in [0.15, 0.2) is 40.0 Å². The van der Waals surface area contributed by atoms with E-state index in [4.69, 9.17) is 9.15 Å². The van der Waals surface area contributed by atoms with Crippen molar-refractivity contribution in [3.8, 4) is 0 Å². The molecule has 5 nitrogen and oxygen atoms in total. The lowest BCUT2D eigenvalue weighted by Gasteiger charge is -2.21. The molecule has 1 aliphatic heterocycles. The van der Waals surface area contributed by atoms with Gasteiger partial charge >= 0.3 is 0 Å². The van der Waals surface area contributed by atoms with Gasteiger partial charge < -0.3 is 19.8 Å². The van der Waals surface area contributed by atoms with Crippen LogP contribution in [0.4, 0.5) is 0 Å². The number of guanidine groups is 1. The van der Waals surface area contributed by atoms with E-state index in [2.05, 4.69) is 29.1 Å². The molecule has 2 rings (SSSR count). The molecule has 1 aliphatic rings. The van der Waals surface area contributed by atoms with Gasteiger partial charge in [0.15, 0.2) is 5.96 Å². The van der Waals surface area contributed by atoms with Crippen LogP contribution in [0, 0.1) is 0 Å². The van der Waals surface area contributed by atoms with Gasteiger partial charge in [-0.05, 0) is 38.8 Å². The lowest BCUT2D eigenvalue weighted by molar-refractivity contribution is 0.0283. The summed E-state index contributed by atoms with van der Waals surface area (Å²) in [5, 5.41) is 6.63. The number of aliphatic imine (C=N–C) groups is 1. The molecular weight excluding hydrogens is 405 g/mol. The van der Waals surface area contributed by atoms with Gasteiger partial charge in [-0.1, -0.05) is 12.2 Å². The van der Waals surface area contributed by atoms with Crippen molar-refractivity contribution in [2.24, 2.45) is 4.99 Å². The van der Waals surface area contributed by atoms with Crippen LogP contribution in [0.1, 0.15) is 32.4 Å². The maximum Gasteiger partial charge on any atom is 0.191 e. The highest BCUT2D eigenvalue weighted by molar-refractivity contribution is 14.0. The largest absolute Gasteiger partial charge is 0.469 e. The van der Waals surface area contributed by atoms with Gasteiger partial charge in [0.2, 0.25) is 0 Å². The zero-order valence-corrected chi connectivity index (χ0v) is 16.4. The van der Waals surface area contributed by atoms with Gasteiger partial charge in [-0.3, -0.25) is 4.99 Å². The van der Waals surface area contributed by atoms with Crippen LogP contribution in [-0.4, -0.2) is 37.8 Å². The van der Waals surface area contributed by atoms with Gasteiger partial charge in [-0.2, -0.15) is 0 Å². The molecule has 1 aromatic rings. The Morgan fingerprint density at radius 3 is 2.87 bits per heavy atom. The minimum atomic E-state index is -0.126. The highest BCUT2D eigenvalue weighted by Crippen LogP contribution is 2.24. The molecule has 0 saturated carbocycles. The van der Waals surface area contributed by atoms with Gasteiger partial charge in [-0.15, -0.1) is 24.0 Å². The quantitative estimate of drug-likeness (QED) is 0.300. The van der Waals surface area contributed by atoms with E-state index in [0.29, 0.717) is 13.1 Å². The van der Waals surface area contributed by atoms with Crippen LogP contribution in [-0.2, 0) is 11.2 Å². The SMILES string of the molecule is C=C(C)CNC(=NCC1(C)CCCO1)NCCc1ccco1.I. The first kappa shape index (κ1) is 20.0. The molecule has 0 radical (unpaired) electrons. The Morgan fingerprint density at radius 2 is 2.26 bits per heavy atom. The Bertz CT molecular complexity index is 494. The topological polar surface area (TPSA) is 58.8 Å². The minimum Gasteiger partial charge on any atom is -0.469 e. The molecular formula is C17H28IN3O2. The Hall–Kier alpha value is -1.02. The first-order valence-corrected chi connectivity index (χ1v) is 7.90. The van der Waals surface area contributed by atoms with Crippen molar-refractivity contribution in [3.05, 3.63) is 36.3 Å². The van der Waals surface area contributed by atoms with E-state index in [1.807, 2.05) is 19.1 Å². The number of rotatable bonds is 7. The fourth-order valence-corrected chi connectivity index (χ4v) is 2.38. The van der Waals surface area contributed by atoms with Gasteiger partial charge in [-0.25, -0.2) is 0 Å². The monoisotopic (exact) mass is 433 g/mol. The molecule has 130 valence electrons. The van der Waals surface area contributed by atoms with E-state index in [-0.39, 0.29) is 29.6 Å². The summed E-state index contributed by atoms with van der Waals surface area (Å²) in [4.78, 5) is 4.67. The lowest BCUT2D eigenvalue weighted by Crippen LogP contribution is -2.40. The van der Waals surface area contributed by atoms with Crippen molar-refractivity contribution in [2.45, 2.75) is 38.7 Å². The summed E-state index contributed by atoms with van der Waals surface area (Å²) in [5.41, 5.74) is 0.947. The molecule has 1 unspecified atom stereocenters. The average Bonchev–Trinajstić information content (AvgIpc) is 3.13. The second-order valence-corrected chi connectivity index (χ2v) is 6.13. The van der Waals surface area contributed by atoms with Crippen molar-refractivity contribution >= 4 is 29.9 Å². The molecule has 0 amide bonds. The molecule has 0 aliphatic carbocycles. The van der Waals surface area contributed by atoms with Gasteiger partial charge in [0.25, 0.3) is 0 Å². The molecule has 1 fully saturated rings. The molecule has 2 N–H and O–H groups in total. The highest BCUT2D eigenvalue weighted by Gasteiger charge is 2.29. The fourth-order valence-electron chi connectivity index (χ4n) is 2.38. The van der Waals surface area contributed by atoms with Crippen LogP contribution in [0.5, 0.6) is 0 Å². The van der Waals surface area contributed by atoms with E-state index in [1.165, 1.54) is 0 Å². The predicted molar refractivity (Wildman–Crippen MR) is 105 cm³/mol. The van der Waals surface area contributed by atoms with Crippen LogP contribution >= 0.6 is 24.0 Å². The normalized spacial score (nSPS) is 20.9. The number of halogens is 1. The maximum absolute atomic E-state index is 5.78. The standard InChI is InChI=1S/C17H27N3O2.HI/c1-14(2)12-19-16(18-9-7-15-6-4-10-21-15)20-13-17(3)8-5-11-22-17;/h4,6,10H,1,5,7-9,11-13H2,2-3H3,(H2,18,19,20);1H. The van der Waals surface area contributed by atoms with Gasteiger partial charge in [0.1, 0.15) is 5.76 Å². The molecule has 0 spiro atoms. The minimum absolute atomic E-state index is 0. The number of nitrogens with zero attached hydrogens (tertiary/aromatic N) is 1. The van der Waals surface area contributed by atoms with Gasteiger partial charge in [0, 0.05) is 26.1 Å². The highest BCUT2D eigenvalue weighted by atomic mass is 127. The molecule has 0 bridgehead atoms. The molecule has 1 atom stereocenters. The second kappa shape index (κ2) is 9.97. The summed E-state index contributed by atoms with van der Waals surface area (Å²) < 4.78 is 11.1. The van der Waals surface area contributed by atoms with E-state index in [0.717, 1.165) is 49.7 Å². The Balaban J connectivity index is 0.00000264. The summed E-state index contributed by atoms with van der Waals surface area (Å²) >= 11 is 0. The molecule has 0 aromatic carbocycles. The molecule has 2 heterocycles. The van der Waals surface area contributed by atoms with Crippen LogP contribution in [0.25, 0.3) is 0 Å². The smallest absolute Gasteiger partial charge is 0.191 e. The zero-order valence-electron chi connectivity index (χ0n) is 14.1. The molecule has 1 saturated heterocycles. The third-order valence-electron chi connectivity index (χ3n) is 3.67. The van der Waals surface area contributed by atoms with E-state index in [9.17, 15) is 0 Å². The number of ether oxygens (including phenoxy) is 1. The third-order valence-corrected chi connectivity index (χ3v) is 3.67. The summed E-state index contributed by atoms with van der Waals surface area (Å²) in [6.45, 7) is 11.0. The van der Waals surface area contributed by atoms with E-state index >= 15 is 0 Å². The molecule has 23 heavy (non-hydrogen) atoms. The maximum atomic E-state index is 5.78. The predicted octanol–water partition coefficient (Wildman–Crippen LogP) is 3.12. The Morgan fingerprint density at radius 1 is 1.43 bits per heavy atom. The summed E-state index contributed by atoms with van der Waals surface area (Å²) in [5.74, 6) is 1.77. The van der Waals surface area contributed by atoms with Crippen molar-refractivity contribution in [2.75, 3.05) is 26.2 Å². The number of hydrogen-bond donors (Lipinski definition) is 2. The summed E-state index contributed by atoms with van der Waals surface area (Å²) in [6, 6.07) is 3.88. The summed E-state index contributed by atoms with van der Waals surface area (Å²) in [6.07, 6.45) is 4.71. The fraction of sp³-hybridized carbons (Fsp3) is 0.588. The number of hydrogen-bond acceptors (Lipinski definition) is 3. The number of furan rings is 1. The van der Waals surface area contributed by atoms with Crippen molar-refractivity contribution < 1.29 is 9.15 Å². The first-order valence-electron chi connectivity index (χ1n) is 7.90. The average molecular weight is 433 g/mol. The van der Waals surface area contributed by atoms with Crippen LogP contribution in [0.2, 0.25) is 0 Å². The Kier molecular flexibility index (Phi) is 8.68. The first-order chi connectivity index (χ1) is 10.6. The number of nitrogens with one attached hydrogen (secondary N) is 2. The van der Waals surface area contributed by atoms with Crippen molar-refractivity contribution in [1.29, 1.82) is 0 Å². The van der Waals surface area contributed by atoms with Crippen molar-refractivity contribution in [3.63, 3.8) is 0 Å².